The monoisotopic (exact) mass is 636 g/mol. The molecule has 0 unspecified atom stereocenters. The molecule has 3 aromatic rings. The van der Waals surface area contributed by atoms with Crippen LogP contribution in [0.2, 0.25) is 0 Å². The predicted octanol–water partition coefficient (Wildman–Crippen LogP) is 5.67. The number of piperidine rings is 1. The maximum absolute atomic E-state index is 14.4. The second-order valence-electron chi connectivity index (χ2n) is 13.1. The number of likely N-dealkylation sites (tertiary alicyclic amines) is 1. The molecule has 1 aliphatic carbocycles. The number of aromatic nitrogens is 4. The van der Waals surface area contributed by atoms with E-state index in [0.29, 0.717) is 40.3 Å². The number of fused-ring (bicyclic) bond motifs is 1. The van der Waals surface area contributed by atoms with Crippen LogP contribution in [-0.4, -0.2) is 49.4 Å². The number of anilines is 1. The summed E-state index contributed by atoms with van der Waals surface area (Å²) in [6.07, 6.45) is -4.03. The van der Waals surface area contributed by atoms with Crippen molar-refractivity contribution in [3.05, 3.63) is 74.7 Å². The number of benzene rings is 1. The van der Waals surface area contributed by atoms with E-state index < -0.39 is 53.6 Å². The molecule has 2 aromatic heterocycles. The van der Waals surface area contributed by atoms with Crippen molar-refractivity contribution >= 4 is 11.6 Å². The molecular formula is C31H34F6N6O2. The van der Waals surface area contributed by atoms with Gasteiger partial charge in [0.05, 0.1) is 17.5 Å². The number of hydrogen-bond donors (Lipinski definition) is 0. The van der Waals surface area contributed by atoms with Gasteiger partial charge in [0.2, 0.25) is 0 Å². The maximum Gasteiger partial charge on any atom is 0.416 e. The van der Waals surface area contributed by atoms with Gasteiger partial charge in [-0.3, -0.25) is 19.4 Å². The first kappa shape index (κ1) is 31.3. The second kappa shape index (κ2) is 11.0. The van der Waals surface area contributed by atoms with E-state index in [4.69, 9.17) is 0 Å². The molecule has 14 heteroatoms. The van der Waals surface area contributed by atoms with Crippen LogP contribution >= 0.6 is 0 Å². The Morgan fingerprint density at radius 2 is 1.76 bits per heavy atom. The van der Waals surface area contributed by atoms with Crippen molar-refractivity contribution in [3.8, 4) is 0 Å². The molecule has 0 spiro atoms. The SMILES string of the molecule is CC1CC(c2cc(N3Cc4c(cc(CN5CCC[C@H](C)C5)cc4C(F)(F)F)C3=O)c(=O)n(CC(F)(F)F)c2)(c2nncn2C)C1. The van der Waals surface area contributed by atoms with E-state index in [0.717, 1.165) is 43.1 Å². The van der Waals surface area contributed by atoms with Crippen molar-refractivity contribution in [1.29, 1.82) is 0 Å². The molecule has 4 heterocycles. The van der Waals surface area contributed by atoms with Crippen molar-refractivity contribution in [3.63, 3.8) is 0 Å². The smallest absolute Gasteiger partial charge is 0.320 e. The van der Waals surface area contributed by atoms with Crippen molar-refractivity contribution in [1.82, 2.24) is 24.2 Å². The number of pyridine rings is 1. The van der Waals surface area contributed by atoms with E-state index in [1.54, 1.807) is 11.6 Å². The fourth-order valence-electron chi connectivity index (χ4n) is 7.47. The predicted molar refractivity (Wildman–Crippen MR) is 153 cm³/mol. The maximum atomic E-state index is 14.4. The first-order chi connectivity index (χ1) is 21.1. The number of rotatable bonds is 6. The molecule has 3 aliphatic rings. The summed E-state index contributed by atoms with van der Waals surface area (Å²) in [6.45, 7) is 3.50. The minimum atomic E-state index is -4.79. The number of hydrogen-bond acceptors (Lipinski definition) is 5. The lowest BCUT2D eigenvalue weighted by Gasteiger charge is -2.46. The molecule has 0 radical (unpaired) electrons. The van der Waals surface area contributed by atoms with Crippen molar-refractivity contribution in [2.45, 2.75) is 76.9 Å². The second-order valence-corrected chi connectivity index (χ2v) is 13.1. The van der Waals surface area contributed by atoms with Gasteiger partial charge in [-0.15, -0.1) is 10.2 Å². The van der Waals surface area contributed by atoms with Gasteiger partial charge in [-0.25, -0.2) is 0 Å². The summed E-state index contributed by atoms with van der Waals surface area (Å²) in [5.41, 5.74) is -3.26. The zero-order chi connectivity index (χ0) is 32.5. The number of carbonyl (C=O) groups is 1. The fourth-order valence-corrected chi connectivity index (χ4v) is 7.47. The molecule has 1 atom stereocenters. The van der Waals surface area contributed by atoms with Gasteiger partial charge in [0, 0.05) is 31.9 Å². The molecule has 0 N–H and O–H groups in total. The van der Waals surface area contributed by atoms with Gasteiger partial charge in [-0.05, 0) is 79.0 Å². The third kappa shape index (κ3) is 5.77. The summed E-state index contributed by atoms with van der Waals surface area (Å²) in [6, 6.07) is 3.83. The zero-order valence-electron chi connectivity index (χ0n) is 25.2. The highest BCUT2D eigenvalue weighted by molar-refractivity contribution is 6.10. The minimum Gasteiger partial charge on any atom is -0.320 e. The Labute approximate surface area is 255 Å². The lowest BCUT2D eigenvalue weighted by Crippen LogP contribution is -2.45. The van der Waals surface area contributed by atoms with Gasteiger partial charge >= 0.3 is 12.4 Å². The molecule has 1 amide bonds. The normalized spacial score (nSPS) is 24.2. The average molecular weight is 637 g/mol. The summed E-state index contributed by atoms with van der Waals surface area (Å²) in [7, 11) is 1.70. The van der Waals surface area contributed by atoms with Crippen LogP contribution in [-0.2, 0) is 38.3 Å². The van der Waals surface area contributed by atoms with E-state index >= 15 is 0 Å². The van der Waals surface area contributed by atoms with E-state index in [2.05, 4.69) is 22.0 Å². The first-order valence-corrected chi connectivity index (χ1v) is 15.0. The Morgan fingerprint density at radius 3 is 2.36 bits per heavy atom. The van der Waals surface area contributed by atoms with Crippen molar-refractivity contribution in [2.24, 2.45) is 18.9 Å². The standard InChI is InChI=1S/C31H34F6N6O2/c1-18-5-4-6-41(12-18)13-20-7-22-23(24(8-20)31(35,36)37)15-43(26(22)44)25-9-21(14-42(27(25)45)16-30(32,33)34)29(10-19(2)11-29)28-39-38-17-40(28)3/h7-9,14,17-19H,4-6,10-13,15-16H2,1-3H3/t18-,19?,29?/m0/s1. The number of nitrogens with zero attached hydrogens (tertiary/aromatic N) is 6. The number of alkyl halides is 6. The largest absolute Gasteiger partial charge is 0.416 e. The number of carbonyl (C=O) groups excluding carboxylic acids is 1. The molecule has 0 bridgehead atoms. The van der Waals surface area contributed by atoms with Crippen LogP contribution in [0.5, 0.6) is 0 Å². The van der Waals surface area contributed by atoms with Crippen LogP contribution in [0.15, 0.2) is 35.5 Å². The van der Waals surface area contributed by atoms with Gasteiger partial charge in [-0.1, -0.05) is 13.8 Å². The van der Waals surface area contributed by atoms with Crippen molar-refractivity contribution < 1.29 is 31.1 Å². The summed E-state index contributed by atoms with van der Waals surface area (Å²) in [4.78, 5) is 30.4. The van der Waals surface area contributed by atoms with E-state index in [9.17, 15) is 35.9 Å². The van der Waals surface area contributed by atoms with Gasteiger partial charge in [0.25, 0.3) is 11.5 Å². The molecular weight excluding hydrogens is 602 g/mol. The Bertz CT molecular complexity index is 1690. The first-order valence-electron chi connectivity index (χ1n) is 15.0. The summed E-state index contributed by atoms with van der Waals surface area (Å²) < 4.78 is 86.5. The van der Waals surface area contributed by atoms with Gasteiger partial charge in [0.15, 0.2) is 0 Å². The zero-order valence-corrected chi connectivity index (χ0v) is 25.2. The lowest BCUT2D eigenvalue weighted by atomic mass is 9.59. The lowest BCUT2D eigenvalue weighted by molar-refractivity contribution is -0.141. The number of aryl methyl sites for hydroxylation is 1. The fraction of sp³-hybridized carbons (Fsp3) is 0.548. The molecule has 1 saturated carbocycles. The van der Waals surface area contributed by atoms with E-state index in [1.807, 2.05) is 6.92 Å². The quantitative estimate of drug-likeness (QED) is 0.326. The Hall–Kier alpha value is -3.68. The van der Waals surface area contributed by atoms with Crippen LogP contribution in [0.4, 0.5) is 32.0 Å². The average Bonchev–Trinajstić information content (AvgIpc) is 3.49. The molecule has 45 heavy (non-hydrogen) atoms. The highest BCUT2D eigenvalue weighted by Crippen LogP contribution is 2.52. The number of amides is 1. The van der Waals surface area contributed by atoms with E-state index in [1.165, 1.54) is 18.5 Å². The molecule has 6 rings (SSSR count). The van der Waals surface area contributed by atoms with Gasteiger partial charge in [-0.2, -0.15) is 26.3 Å². The molecule has 1 saturated heterocycles. The topological polar surface area (TPSA) is 76.3 Å². The Kier molecular flexibility index (Phi) is 7.65. The molecule has 2 fully saturated rings. The summed E-state index contributed by atoms with van der Waals surface area (Å²) in [5, 5.41) is 8.15. The summed E-state index contributed by atoms with van der Waals surface area (Å²) in [5.74, 6) is 0.200. The molecule has 2 aliphatic heterocycles. The Balaban J connectivity index is 1.46. The van der Waals surface area contributed by atoms with Gasteiger partial charge < -0.3 is 9.13 Å². The van der Waals surface area contributed by atoms with Crippen LogP contribution in [0.25, 0.3) is 0 Å². The Morgan fingerprint density at radius 1 is 1.02 bits per heavy atom. The molecule has 1 aromatic carbocycles. The third-order valence-electron chi connectivity index (χ3n) is 9.35. The van der Waals surface area contributed by atoms with Crippen LogP contribution in [0.3, 0.4) is 0 Å². The van der Waals surface area contributed by atoms with Crippen LogP contribution in [0.1, 0.15) is 78.0 Å². The van der Waals surface area contributed by atoms with E-state index in [-0.39, 0.29) is 23.6 Å². The van der Waals surface area contributed by atoms with Crippen LogP contribution < -0.4 is 10.5 Å². The highest BCUT2D eigenvalue weighted by atomic mass is 19.4. The minimum absolute atomic E-state index is 0.182. The molecule has 8 nitrogen and oxygen atoms in total. The molecule has 242 valence electrons. The number of halogens is 6. The van der Waals surface area contributed by atoms with Gasteiger partial charge in [0.1, 0.15) is 24.4 Å². The summed E-state index contributed by atoms with van der Waals surface area (Å²) >= 11 is 0. The van der Waals surface area contributed by atoms with Crippen molar-refractivity contribution in [2.75, 3.05) is 18.0 Å². The third-order valence-corrected chi connectivity index (χ3v) is 9.35. The van der Waals surface area contributed by atoms with Crippen LogP contribution in [0, 0.1) is 11.8 Å². The highest BCUT2D eigenvalue weighted by Gasteiger charge is 2.49.